The van der Waals surface area contributed by atoms with Crippen LogP contribution in [0.4, 0.5) is 17.6 Å². The third kappa shape index (κ3) is 2.73. The zero-order valence-corrected chi connectivity index (χ0v) is 10.5. The predicted molar refractivity (Wildman–Crippen MR) is 63.3 cm³/mol. The maximum atomic E-state index is 13.4. The van der Waals surface area contributed by atoms with Crippen LogP contribution in [0, 0.1) is 12.7 Å². The lowest BCUT2D eigenvalue weighted by Crippen LogP contribution is -2.07. The van der Waals surface area contributed by atoms with E-state index in [0.29, 0.717) is 23.3 Å². The van der Waals surface area contributed by atoms with E-state index in [0.717, 1.165) is 6.07 Å². The molecule has 7 heteroatoms. The molecule has 0 radical (unpaired) electrons. The van der Waals surface area contributed by atoms with Crippen molar-refractivity contribution in [1.29, 1.82) is 0 Å². The number of aromatic amines is 1. The van der Waals surface area contributed by atoms with Gasteiger partial charge in [-0.15, -0.1) is 11.6 Å². The Morgan fingerprint density at radius 3 is 2.47 bits per heavy atom. The van der Waals surface area contributed by atoms with Gasteiger partial charge in [-0.05, 0) is 19.1 Å². The van der Waals surface area contributed by atoms with E-state index >= 15 is 0 Å². The molecule has 0 atom stereocenters. The van der Waals surface area contributed by atoms with Crippen molar-refractivity contribution in [2.24, 2.45) is 0 Å². The van der Waals surface area contributed by atoms with Gasteiger partial charge in [0.2, 0.25) is 0 Å². The van der Waals surface area contributed by atoms with E-state index in [1.54, 1.807) is 6.92 Å². The molecule has 0 aliphatic rings. The highest BCUT2D eigenvalue weighted by atomic mass is 35.5. The number of nitrogens with one attached hydrogen (secondary N) is 1. The number of aromatic nitrogens is 2. The average Bonchev–Trinajstić information content (AvgIpc) is 2.68. The zero-order chi connectivity index (χ0) is 14.2. The summed E-state index contributed by atoms with van der Waals surface area (Å²) in [5.74, 6) is -0.863. The number of imidazole rings is 1. The van der Waals surface area contributed by atoms with Crippen molar-refractivity contribution in [3.05, 3.63) is 41.0 Å². The summed E-state index contributed by atoms with van der Waals surface area (Å²) in [6.45, 7) is 1.73. The van der Waals surface area contributed by atoms with Crippen LogP contribution in [0.3, 0.4) is 0 Å². The first-order valence-corrected chi connectivity index (χ1v) is 5.85. The lowest BCUT2D eigenvalue weighted by Gasteiger charge is -2.08. The van der Waals surface area contributed by atoms with Crippen molar-refractivity contribution in [3.8, 4) is 11.4 Å². The van der Waals surface area contributed by atoms with Crippen molar-refractivity contribution >= 4 is 11.6 Å². The Hall–Kier alpha value is -1.56. The van der Waals surface area contributed by atoms with Crippen LogP contribution in [0.2, 0.25) is 0 Å². The fourth-order valence-corrected chi connectivity index (χ4v) is 1.92. The summed E-state index contributed by atoms with van der Waals surface area (Å²) >= 11 is 5.64. The standard InChI is InChI=1S/C12H9ClF4N2/c1-6-10(5-13)19-11(18-6)7-2-3-8(9(14)4-7)12(15,16)17/h2-4H,5H2,1H3,(H,18,19). The molecular formula is C12H9ClF4N2. The Labute approximate surface area is 111 Å². The molecule has 1 N–H and O–H groups in total. The van der Waals surface area contributed by atoms with Crippen LogP contribution < -0.4 is 0 Å². The maximum absolute atomic E-state index is 13.4. The molecule has 1 heterocycles. The van der Waals surface area contributed by atoms with Crippen LogP contribution in [0.5, 0.6) is 0 Å². The van der Waals surface area contributed by atoms with Crippen LogP contribution in [0.1, 0.15) is 17.0 Å². The van der Waals surface area contributed by atoms with Gasteiger partial charge >= 0.3 is 6.18 Å². The molecule has 0 amide bonds. The first-order valence-electron chi connectivity index (χ1n) is 5.31. The lowest BCUT2D eigenvalue weighted by atomic mass is 10.1. The Morgan fingerprint density at radius 2 is 2.00 bits per heavy atom. The van der Waals surface area contributed by atoms with Crippen molar-refractivity contribution in [1.82, 2.24) is 9.97 Å². The minimum atomic E-state index is -4.71. The van der Waals surface area contributed by atoms with Crippen molar-refractivity contribution in [2.45, 2.75) is 19.0 Å². The zero-order valence-electron chi connectivity index (χ0n) is 9.78. The summed E-state index contributed by atoms with van der Waals surface area (Å²) in [6, 6.07) is 2.67. The number of halogens is 5. The topological polar surface area (TPSA) is 28.7 Å². The molecular weight excluding hydrogens is 284 g/mol. The molecule has 19 heavy (non-hydrogen) atoms. The van der Waals surface area contributed by atoms with Gasteiger partial charge < -0.3 is 4.98 Å². The molecule has 1 aromatic heterocycles. The van der Waals surface area contributed by atoms with Gasteiger partial charge in [-0.2, -0.15) is 13.2 Å². The molecule has 0 saturated heterocycles. The first kappa shape index (κ1) is 13.9. The number of rotatable bonds is 2. The summed E-state index contributed by atoms with van der Waals surface area (Å²) in [5.41, 5.74) is 0.226. The van der Waals surface area contributed by atoms with Crippen molar-refractivity contribution < 1.29 is 17.6 Å². The number of hydrogen-bond donors (Lipinski definition) is 1. The van der Waals surface area contributed by atoms with E-state index in [4.69, 9.17) is 11.6 Å². The summed E-state index contributed by atoms with van der Waals surface area (Å²) in [7, 11) is 0. The molecule has 1 aromatic carbocycles. The highest BCUT2D eigenvalue weighted by Crippen LogP contribution is 2.33. The minimum Gasteiger partial charge on any atom is -0.342 e. The van der Waals surface area contributed by atoms with E-state index in [-0.39, 0.29) is 11.4 Å². The molecule has 0 spiro atoms. The second kappa shape index (κ2) is 4.85. The second-order valence-corrected chi connectivity index (χ2v) is 4.25. The van der Waals surface area contributed by atoms with Gasteiger partial charge in [-0.3, -0.25) is 0 Å². The van der Waals surface area contributed by atoms with Gasteiger partial charge in [0, 0.05) is 11.3 Å². The Morgan fingerprint density at radius 1 is 1.32 bits per heavy atom. The van der Waals surface area contributed by atoms with Crippen LogP contribution >= 0.6 is 11.6 Å². The third-order valence-electron chi connectivity index (χ3n) is 2.66. The predicted octanol–water partition coefficient (Wildman–Crippen LogP) is 4.28. The third-order valence-corrected chi connectivity index (χ3v) is 2.91. The smallest absolute Gasteiger partial charge is 0.342 e. The lowest BCUT2D eigenvalue weighted by molar-refractivity contribution is -0.139. The number of alkyl halides is 4. The van der Waals surface area contributed by atoms with Crippen molar-refractivity contribution in [3.63, 3.8) is 0 Å². The number of benzene rings is 1. The minimum absolute atomic E-state index is 0.172. The number of nitrogens with zero attached hydrogens (tertiary/aromatic N) is 1. The van der Waals surface area contributed by atoms with E-state index in [1.807, 2.05) is 0 Å². The normalized spacial score (nSPS) is 11.9. The number of aryl methyl sites for hydroxylation is 1. The number of hydrogen-bond acceptors (Lipinski definition) is 1. The molecule has 0 aliphatic heterocycles. The molecule has 102 valence electrons. The molecule has 0 saturated carbocycles. The maximum Gasteiger partial charge on any atom is 0.419 e. The Bertz CT molecular complexity index is 604. The molecule has 0 aliphatic carbocycles. The largest absolute Gasteiger partial charge is 0.419 e. The van der Waals surface area contributed by atoms with Crippen LogP contribution in [-0.4, -0.2) is 9.97 Å². The molecule has 2 rings (SSSR count). The molecule has 0 unspecified atom stereocenters. The van der Waals surface area contributed by atoms with Crippen LogP contribution in [-0.2, 0) is 12.1 Å². The van der Waals surface area contributed by atoms with E-state index in [2.05, 4.69) is 9.97 Å². The monoisotopic (exact) mass is 292 g/mol. The molecule has 0 bridgehead atoms. The van der Waals surface area contributed by atoms with Gasteiger partial charge in [0.15, 0.2) is 0 Å². The number of H-pyrrole nitrogens is 1. The summed E-state index contributed by atoms with van der Waals surface area (Å²) < 4.78 is 50.7. The highest BCUT2D eigenvalue weighted by molar-refractivity contribution is 6.17. The van der Waals surface area contributed by atoms with Crippen LogP contribution in [0.25, 0.3) is 11.4 Å². The van der Waals surface area contributed by atoms with Gasteiger partial charge in [0.05, 0.1) is 17.1 Å². The first-order chi connectivity index (χ1) is 8.82. The second-order valence-electron chi connectivity index (χ2n) is 3.98. The van der Waals surface area contributed by atoms with Gasteiger partial charge in [-0.1, -0.05) is 6.07 Å². The molecule has 2 nitrogen and oxygen atoms in total. The SMILES string of the molecule is Cc1[nH]c(-c2ccc(C(F)(F)F)c(F)c2)nc1CCl. The van der Waals surface area contributed by atoms with Crippen molar-refractivity contribution in [2.75, 3.05) is 0 Å². The molecule has 2 aromatic rings. The average molecular weight is 293 g/mol. The van der Waals surface area contributed by atoms with Gasteiger partial charge in [0.25, 0.3) is 0 Å². The Balaban J connectivity index is 2.44. The fraction of sp³-hybridized carbons (Fsp3) is 0.250. The summed E-state index contributed by atoms with van der Waals surface area (Å²) in [4.78, 5) is 6.95. The van der Waals surface area contributed by atoms with Crippen LogP contribution in [0.15, 0.2) is 18.2 Å². The van der Waals surface area contributed by atoms with E-state index in [1.165, 1.54) is 6.07 Å². The van der Waals surface area contributed by atoms with Gasteiger partial charge in [-0.25, -0.2) is 9.37 Å². The summed E-state index contributed by atoms with van der Waals surface area (Å²) in [6.07, 6.45) is -4.71. The Kier molecular flexibility index (Phi) is 3.54. The van der Waals surface area contributed by atoms with Gasteiger partial charge in [0.1, 0.15) is 11.6 Å². The quantitative estimate of drug-likeness (QED) is 0.649. The highest BCUT2D eigenvalue weighted by Gasteiger charge is 2.34. The van der Waals surface area contributed by atoms with E-state index < -0.39 is 17.6 Å². The van der Waals surface area contributed by atoms with E-state index in [9.17, 15) is 17.6 Å². The summed E-state index contributed by atoms with van der Waals surface area (Å²) in [5, 5.41) is 0. The molecule has 0 fully saturated rings. The fourth-order valence-electron chi connectivity index (χ4n) is 1.66.